The molecule has 30 heavy (non-hydrogen) atoms. The fourth-order valence-electron chi connectivity index (χ4n) is 2.89. The highest BCUT2D eigenvalue weighted by molar-refractivity contribution is 7.98. The van der Waals surface area contributed by atoms with Crippen molar-refractivity contribution in [3.63, 3.8) is 0 Å². The number of ether oxygens (including phenoxy) is 1. The average molecular weight is 422 g/mol. The Labute approximate surface area is 180 Å². The van der Waals surface area contributed by atoms with E-state index in [0.717, 1.165) is 11.1 Å². The van der Waals surface area contributed by atoms with Crippen LogP contribution in [0, 0.1) is 0 Å². The Morgan fingerprint density at radius 2 is 1.77 bits per heavy atom. The summed E-state index contributed by atoms with van der Waals surface area (Å²) in [5, 5.41) is 3.34. The molecule has 154 valence electrons. The van der Waals surface area contributed by atoms with Gasteiger partial charge in [0, 0.05) is 6.08 Å². The van der Waals surface area contributed by atoms with E-state index in [1.807, 2.05) is 66.9 Å². The molecule has 6 nitrogen and oxygen atoms in total. The zero-order valence-corrected chi connectivity index (χ0v) is 17.7. The van der Waals surface area contributed by atoms with Crippen molar-refractivity contribution >= 4 is 35.5 Å². The third kappa shape index (κ3) is 5.39. The second-order valence-electron chi connectivity index (χ2n) is 6.32. The summed E-state index contributed by atoms with van der Waals surface area (Å²) in [5.41, 5.74) is 2.14. The Bertz CT molecular complexity index is 1030. The Hall–Kier alpha value is -3.32. The van der Waals surface area contributed by atoms with E-state index >= 15 is 0 Å². The Morgan fingerprint density at radius 1 is 1.10 bits per heavy atom. The standard InChI is InChI=1S/C23H23N3O3S/c1-3-29-22(28)20-21(24-19(27)15-14-17-10-6-4-7-11-17)25-23(30-2)26(20)16-18-12-8-5-9-13-18/h4-15H,3,16H2,1-2H3,(H,24,27). The van der Waals surface area contributed by atoms with Crippen molar-refractivity contribution in [2.24, 2.45) is 0 Å². The summed E-state index contributed by atoms with van der Waals surface area (Å²) in [5.74, 6) is -0.707. The van der Waals surface area contributed by atoms with Crippen LogP contribution in [0.1, 0.15) is 28.5 Å². The molecule has 0 aliphatic rings. The third-order valence-electron chi connectivity index (χ3n) is 4.24. The van der Waals surface area contributed by atoms with E-state index in [2.05, 4.69) is 10.3 Å². The van der Waals surface area contributed by atoms with Gasteiger partial charge >= 0.3 is 5.97 Å². The lowest BCUT2D eigenvalue weighted by Gasteiger charge is -2.11. The first-order valence-corrected chi connectivity index (χ1v) is 10.7. The van der Waals surface area contributed by atoms with Gasteiger partial charge in [0.1, 0.15) is 0 Å². The molecule has 1 N–H and O–H groups in total. The minimum atomic E-state index is -0.524. The molecule has 0 atom stereocenters. The molecule has 0 bridgehead atoms. The lowest BCUT2D eigenvalue weighted by molar-refractivity contribution is -0.111. The number of amides is 1. The van der Waals surface area contributed by atoms with Gasteiger partial charge < -0.3 is 14.6 Å². The van der Waals surface area contributed by atoms with Crippen molar-refractivity contribution in [2.75, 3.05) is 18.2 Å². The number of hydrogen-bond donors (Lipinski definition) is 1. The number of esters is 1. The minimum absolute atomic E-state index is 0.191. The number of hydrogen-bond acceptors (Lipinski definition) is 5. The Balaban J connectivity index is 1.91. The molecule has 0 saturated heterocycles. The fraction of sp³-hybridized carbons (Fsp3) is 0.174. The van der Waals surface area contributed by atoms with E-state index in [9.17, 15) is 9.59 Å². The zero-order chi connectivity index (χ0) is 21.3. The van der Waals surface area contributed by atoms with Gasteiger partial charge in [0.25, 0.3) is 0 Å². The van der Waals surface area contributed by atoms with Gasteiger partial charge in [-0.05, 0) is 30.4 Å². The topological polar surface area (TPSA) is 73.2 Å². The maximum absolute atomic E-state index is 12.7. The quantitative estimate of drug-likeness (QED) is 0.330. The summed E-state index contributed by atoms with van der Waals surface area (Å²) < 4.78 is 7.01. The smallest absolute Gasteiger partial charge is 0.358 e. The van der Waals surface area contributed by atoms with Crippen LogP contribution in [0.5, 0.6) is 0 Å². The van der Waals surface area contributed by atoms with Crippen LogP contribution in [-0.2, 0) is 16.1 Å². The molecular weight excluding hydrogens is 398 g/mol. The van der Waals surface area contributed by atoms with Gasteiger partial charge in [0.05, 0.1) is 13.2 Å². The first-order valence-electron chi connectivity index (χ1n) is 9.52. The summed E-state index contributed by atoms with van der Waals surface area (Å²) in [7, 11) is 0. The predicted molar refractivity (Wildman–Crippen MR) is 120 cm³/mol. The van der Waals surface area contributed by atoms with Crippen LogP contribution in [0.25, 0.3) is 6.08 Å². The van der Waals surface area contributed by atoms with Crippen molar-refractivity contribution in [3.8, 4) is 0 Å². The molecule has 1 aromatic heterocycles. The first kappa shape index (κ1) is 21.4. The van der Waals surface area contributed by atoms with Gasteiger partial charge in [0.2, 0.25) is 5.91 Å². The molecule has 1 amide bonds. The van der Waals surface area contributed by atoms with Crippen LogP contribution in [-0.4, -0.2) is 34.3 Å². The average Bonchev–Trinajstić information content (AvgIpc) is 3.10. The second-order valence-corrected chi connectivity index (χ2v) is 7.09. The maximum atomic E-state index is 12.7. The van der Waals surface area contributed by atoms with Gasteiger partial charge in [-0.3, -0.25) is 4.79 Å². The normalized spacial score (nSPS) is 10.9. The highest BCUT2D eigenvalue weighted by Crippen LogP contribution is 2.26. The number of nitrogens with one attached hydrogen (secondary N) is 1. The summed E-state index contributed by atoms with van der Waals surface area (Å²) in [6.07, 6.45) is 4.99. The van der Waals surface area contributed by atoms with E-state index in [-0.39, 0.29) is 24.0 Å². The van der Waals surface area contributed by atoms with Crippen LogP contribution in [0.4, 0.5) is 5.82 Å². The number of imidazole rings is 1. The number of nitrogens with zero attached hydrogens (tertiary/aromatic N) is 2. The number of rotatable bonds is 8. The number of carbonyl (C=O) groups is 2. The lowest BCUT2D eigenvalue weighted by atomic mass is 10.2. The van der Waals surface area contributed by atoms with E-state index in [1.54, 1.807) is 17.6 Å². The summed E-state index contributed by atoms with van der Waals surface area (Å²) in [6, 6.07) is 19.2. The summed E-state index contributed by atoms with van der Waals surface area (Å²) in [4.78, 5) is 29.7. The van der Waals surface area contributed by atoms with Crippen molar-refractivity contribution in [1.82, 2.24) is 9.55 Å². The molecule has 0 spiro atoms. The van der Waals surface area contributed by atoms with Crippen molar-refractivity contribution in [2.45, 2.75) is 18.6 Å². The molecule has 0 unspecified atom stereocenters. The molecule has 1 heterocycles. The van der Waals surface area contributed by atoms with Crippen molar-refractivity contribution in [3.05, 3.63) is 83.6 Å². The van der Waals surface area contributed by atoms with Crippen molar-refractivity contribution in [1.29, 1.82) is 0 Å². The van der Waals surface area contributed by atoms with Gasteiger partial charge in [-0.2, -0.15) is 0 Å². The van der Waals surface area contributed by atoms with Gasteiger partial charge in [0.15, 0.2) is 16.7 Å². The number of thioether (sulfide) groups is 1. The van der Waals surface area contributed by atoms with Crippen LogP contribution >= 0.6 is 11.8 Å². The highest BCUT2D eigenvalue weighted by Gasteiger charge is 2.25. The first-order chi connectivity index (χ1) is 14.6. The Morgan fingerprint density at radius 3 is 2.40 bits per heavy atom. The molecule has 0 fully saturated rings. The van der Waals surface area contributed by atoms with Crippen LogP contribution < -0.4 is 5.32 Å². The van der Waals surface area contributed by atoms with Crippen molar-refractivity contribution < 1.29 is 14.3 Å². The third-order valence-corrected chi connectivity index (χ3v) is 4.91. The number of benzene rings is 2. The van der Waals surface area contributed by atoms with E-state index < -0.39 is 5.97 Å². The van der Waals surface area contributed by atoms with Gasteiger partial charge in [-0.1, -0.05) is 72.4 Å². The molecule has 0 radical (unpaired) electrons. The molecular formula is C23H23N3O3S. The van der Waals surface area contributed by atoms with Crippen LogP contribution in [0.15, 0.2) is 71.9 Å². The Kier molecular flexibility index (Phi) is 7.45. The maximum Gasteiger partial charge on any atom is 0.358 e. The van der Waals surface area contributed by atoms with E-state index in [0.29, 0.717) is 11.7 Å². The monoisotopic (exact) mass is 421 g/mol. The lowest BCUT2D eigenvalue weighted by Crippen LogP contribution is -2.17. The fourth-order valence-corrected chi connectivity index (χ4v) is 3.45. The molecule has 0 aliphatic heterocycles. The van der Waals surface area contributed by atoms with Crippen LogP contribution in [0.3, 0.4) is 0 Å². The number of carbonyl (C=O) groups excluding carboxylic acids is 2. The molecule has 3 rings (SSSR count). The van der Waals surface area contributed by atoms with E-state index in [4.69, 9.17) is 4.74 Å². The molecule has 7 heteroatoms. The van der Waals surface area contributed by atoms with Gasteiger partial charge in [-0.15, -0.1) is 0 Å². The minimum Gasteiger partial charge on any atom is -0.461 e. The molecule has 0 saturated carbocycles. The number of anilines is 1. The zero-order valence-electron chi connectivity index (χ0n) is 16.9. The predicted octanol–water partition coefficient (Wildman–Crippen LogP) is 4.48. The highest BCUT2D eigenvalue weighted by atomic mass is 32.2. The SMILES string of the molecule is CCOC(=O)c1c(NC(=O)C=Cc2ccccc2)nc(SC)n1Cc1ccccc1. The summed E-state index contributed by atoms with van der Waals surface area (Å²) >= 11 is 1.40. The van der Waals surface area contributed by atoms with Crippen LogP contribution in [0.2, 0.25) is 0 Å². The largest absolute Gasteiger partial charge is 0.461 e. The van der Waals surface area contributed by atoms with E-state index in [1.165, 1.54) is 17.8 Å². The molecule has 2 aromatic carbocycles. The second kappa shape index (κ2) is 10.5. The summed E-state index contributed by atoms with van der Waals surface area (Å²) in [6.45, 7) is 2.41. The molecule has 0 aliphatic carbocycles. The van der Waals surface area contributed by atoms with Gasteiger partial charge in [-0.25, -0.2) is 9.78 Å². The number of aromatic nitrogens is 2. The molecule has 3 aromatic rings.